The summed E-state index contributed by atoms with van der Waals surface area (Å²) in [5.41, 5.74) is 2.10. The van der Waals surface area contributed by atoms with Crippen LogP contribution in [0.1, 0.15) is 51.0 Å². The molecule has 3 rings (SSSR count). The number of unbranched alkanes of at least 4 members (excludes halogenated alkanes) is 5. The first-order valence-corrected chi connectivity index (χ1v) is 11.1. The summed E-state index contributed by atoms with van der Waals surface area (Å²) in [6, 6.07) is 7.59. The Bertz CT molecular complexity index is 832. The van der Waals surface area contributed by atoms with Gasteiger partial charge in [0.25, 0.3) is 11.8 Å². The largest absolute Gasteiger partial charge is 0.304 e. The maximum Gasteiger partial charge on any atom is 0.267 e. The number of thioether (sulfide) groups is 1. The third-order valence-electron chi connectivity index (χ3n) is 5.05. The second-order valence-corrected chi connectivity index (χ2v) is 8.66. The highest BCUT2D eigenvalue weighted by Gasteiger charge is 2.41. The van der Waals surface area contributed by atoms with Crippen molar-refractivity contribution in [2.75, 3.05) is 18.0 Å². The number of fused-ring (bicyclic) bond motifs is 1. The molecule has 0 saturated carbocycles. The maximum atomic E-state index is 13.1. The summed E-state index contributed by atoms with van der Waals surface area (Å²) < 4.78 is 0.550. The second kappa shape index (κ2) is 9.52. The minimum absolute atomic E-state index is 0.137. The van der Waals surface area contributed by atoms with Crippen LogP contribution in [0.2, 0.25) is 0 Å². The van der Waals surface area contributed by atoms with E-state index in [9.17, 15) is 9.59 Å². The van der Waals surface area contributed by atoms with E-state index < -0.39 is 0 Å². The molecule has 0 N–H and O–H groups in total. The van der Waals surface area contributed by atoms with E-state index in [0.29, 0.717) is 27.9 Å². The Hall–Kier alpha value is -1.92. The molecule has 2 aliphatic rings. The van der Waals surface area contributed by atoms with Gasteiger partial charge in [-0.3, -0.25) is 14.5 Å². The van der Waals surface area contributed by atoms with Gasteiger partial charge in [0, 0.05) is 18.7 Å². The highest BCUT2D eigenvalue weighted by atomic mass is 32.2. The molecule has 1 fully saturated rings. The van der Waals surface area contributed by atoms with Crippen molar-refractivity contribution in [2.24, 2.45) is 0 Å². The van der Waals surface area contributed by atoms with Crippen LogP contribution in [-0.4, -0.2) is 34.1 Å². The predicted octanol–water partition coefficient (Wildman–Crippen LogP) is 5.15. The van der Waals surface area contributed by atoms with Gasteiger partial charge in [-0.15, -0.1) is 6.58 Å². The topological polar surface area (TPSA) is 40.6 Å². The molecule has 0 bridgehead atoms. The van der Waals surface area contributed by atoms with E-state index in [1.165, 1.54) is 37.4 Å². The number of amides is 2. The van der Waals surface area contributed by atoms with Crippen LogP contribution in [-0.2, 0) is 9.59 Å². The molecular weight excluding hydrogens is 388 g/mol. The van der Waals surface area contributed by atoms with Crippen LogP contribution in [0, 0.1) is 0 Å². The zero-order valence-electron chi connectivity index (χ0n) is 16.3. The number of thiocarbonyl (C=S) groups is 1. The number of para-hydroxylation sites is 1. The van der Waals surface area contributed by atoms with Gasteiger partial charge in [0.1, 0.15) is 4.32 Å². The van der Waals surface area contributed by atoms with E-state index in [-0.39, 0.29) is 11.8 Å². The highest BCUT2D eigenvalue weighted by molar-refractivity contribution is 8.26. The van der Waals surface area contributed by atoms with E-state index >= 15 is 0 Å². The molecule has 1 aromatic carbocycles. The average molecular weight is 415 g/mol. The lowest BCUT2D eigenvalue weighted by Crippen LogP contribution is -2.30. The quantitative estimate of drug-likeness (QED) is 0.242. The fourth-order valence-corrected chi connectivity index (χ4v) is 4.98. The standard InChI is InChI=1S/C22H26N2O2S2/c1-3-5-6-7-8-11-15-24-21(26)19(28-22(24)27)18-16-12-9-10-13-17(16)23(14-4-2)20(18)25/h4,9-10,12-13H,2-3,5-8,11,14-15H2,1H3. The first-order chi connectivity index (χ1) is 13.6. The fraction of sp³-hybridized carbons (Fsp3) is 0.409. The Morgan fingerprint density at radius 3 is 2.50 bits per heavy atom. The van der Waals surface area contributed by atoms with E-state index in [1.807, 2.05) is 24.3 Å². The molecule has 1 aromatic rings. The van der Waals surface area contributed by atoms with Gasteiger partial charge in [-0.2, -0.15) is 0 Å². The van der Waals surface area contributed by atoms with Crippen LogP contribution in [0.5, 0.6) is 0 Å². The Balaban J connectivity index is 1.79. The minimum Gasteiger partial charge on any atom is -0.304 e. The molecule has 0 unspecified atom stereocenters. The molecule has 1 saturated heterocycles. The van der Waals surface area contributed by atoms with E-state index in [1.54, 1.807) is 15.9 Å². The molecule has 4 nitrogen and oxygen atoms in total. The molecule has 0 spiro atoms. The molecule has 148 valence electrons. The summed E-state index contributed by atoms with van der Waals surface area (Å²) in [7, 11) is 0. The summed E-state index contributed by atoms with van der Waals surface area (Å²) in [5, 5.41) is 0. The number of hydrogen-bond donors (Lipinski definition) is 0. The Kier molecular flexibility index (Phi) is 7.08. The van der Waals surface area contributed by atoms with Crippen molar-refractivity contribution in [3.05, 3.63) is 47.4 Å². The Morgan fingerprint density at radius 1 is 1.04 bits per heavy atom. The van der Waals surface area contributed by atoms with Gasteiger partial charge < -0.3 is 4.90 Å². The van der Waals surface area contributed by atoms with Crippen molar-refractivity contribution in [1.29, 1.82) is 0 Å². The van der Waals surface area contributed by atoms with E-state index in [0.717, 1.165) is 24.1 Å². The molecule has 6 heteroatoms. The van der Waals surface area contributed by atoms with Crippen LogP contribution in [0.3, 0.4) is 0 Å². The molecule has 2 heterocycles. The van der Waals surface area contributed by atoms with Crippen molar-refractivity contribution >= 4 is 51.4 Å². The lowest BCUT2D eigenvalue weighted by molar-refractivity contribution is -0.122. The first-order valence-electron chi connectivity index (χ1n) is 9.90. The van der Waals surface area contributed by atoms with Crippen LogP contribution in [0.15, 0.2) is 41.8 Å². The molecule has 0 radical (unpaired) electrons. The van der Waals surface area contributed by atoms with Gasteiger partial charge in [0.15, 0.2) is 0 Å². The normalized spacial score (nSPS) is 19.0. The van der Waals surface area contributed by atoms with Crippen LogP contribution < -0.4 is 4.90 Å². The number of rotatable bonds is 9. The number of anilines is 1. The summed E-state index contributed by atoms with van der Waals surface area (Å²) >= 11 is 6.71. The smallest absolute Gasteiger partial charge is 0.267 e. The number of carbonyl (C=O) groups excluding carboxylic acids is 2. The monoisotopic (exact) mass is 414 g/mol. The third-order valence-corrected chi connectivity index (χ3v) is 6.49. The van der Waals surface area contributed by atoms with Gasteiger partial charge in [-0.25, -0.2) is 0 Å². The van der Waals surface area contributed by atoms with Gasteiger partial charge in [-0.05, 0) is 12.5 Å². The lowest BCUT2D eigenvalue weighted by atomic mass is 10.1. The van der Waals surface area contributed by atoms with Crippen molar-refractivity contribution < 1.29 is 9.59 Å². The molecule has 28 heavy (non-hydrogen) atoms. The second-order valence-electron chi connectivity index (χ2n) is 7.02. The Labute approximate surface area is 176 Å². The SMILES string of the molecule is C=CCN1C(=O)C(=C2SC(=S)N(CCCCCCCC)C2=O)c2ccccc21. The average Bonchev–Trinajstić information content (AvgIpc) is 3.12. The summed E-state index contributed by atoms with van der Waals surface area (Å²) in [5.74, 6) is -0.289. The summed E-state index contributed by atoms with van der Waals surface area (Å²) in [6.45, 7) is 6.98. The Morgan fingerprint density at radius 2 is 1.75 bits per heavy atom. The summed E-state index contributed by atoms with van der Waals surface area (Å²) in [6.07, 6.45) is 8.64. The summed E-state index contributed by atoms with van der Waals surface area (Å²) in [4.78, 5) is 29.9. The number of hydrogen-bond acceptors (Lipinski definition) is 4. The fourth-order valence-electron chi connectivity index (χ4n) is 3.60. The number of carbonyl (C=O) groups is 2. The highest BCUT2D eigenvalue weighted by Crippen LogP contribution is 2.44. The van der Waals surface area contributed by atoms with Crippen LogP contribution >= 0.6 is 24.0 Å². The number of benzene rings is 1. The third kappa shape index (κ3) is 4.08. The molecule has 0 atom stereocenters. The molecule has 0 aromatic heterocycles. The van der Waals surface area contributed by atoms with Gasteiger partial charge in [0.05, 0.1) is 16.2 Å². The first kappa shape index (κ1) is 20.8. The van der Waals surface area contributed by atoms with Gasteiger partial charge in [0.2, 0.25) is 0 Å². The van der Waals surface area contributed by atoms with Gasteiger partial charge in [-0.1, -0.05) is 87.3 Å². The van der Waals surface area contributed by atoms with Crippen molar-refractivity contribution in [3.63, 3.8) is 0 Å². The van der Waals surface area contributed by atoms with E-state index in [2.05, 4.69) is 13.5 Å². The van der Waals surface area contributed by atoms with Crippen molar-refractivity contribution in [1.82, 2.24) is 4.90 Å². The zero-order chi connectivity index (χ0) is 20.1. The van der Waals surface area contributed by atoms with Crippen LogP contribution in [0.4, 0.5) is 5.69 Å². The zero-order valence-corrected chi connectivity index (χ0v) is 17.9. The molecular formula is C22H26N2O2S2. The molecule has 2 amide bonds. The number of nitrogens with zero attached hydrogens (tertiary/aromatic N) is 2. The lowest BCUT2D eigenvalue weighted by Gasteiger charge is -2.14. The minimum atomic E-state index is -0.152. The maximum absolute atomic E-state index is 13.1. The van der Waals surface area contributed by atoms with Crippen molar-refractivity contribution in [3.8, 4) is 0 Å². The molecule has 2 aliphatic heterocycles. The molecule has 0 aliphatic carbocycles. The predicted molar refractivity (Wildman–Crippen MR) is 121 cm³/mol. The van der Waals surface area contributed by atoms with Gasteiger partial charge >= 0.3 is 0 Å². The van der Waals surface area contributed by atoms with Crippen molar-refractivity contribution in [2.45, 2.75) is 45.4 Å². The van der Waals surface area contributed by atoms with Crippen LogP contribution in [0.25, 0.3) is 5.57 Å². The van der Waals surface area contributed by atoms with E-state index in [4.69, 9.17) is 12.2 Å².